The molecule has 0 unspecified atom stereocenters. The predicted octanol–water partition coefficient (Wildman–Crippen LogP) is 2.35. The van der Waals surface area contributed by atoms with Crippen molar-refractivity contribution in [1.82, 2.24) is 0 Å². The van der Waals surface area contributed by atoms with Crippen LogP contribution < -0.4 is 4.74 Å². The van der Waals surface area contributed by atoms with Crippen LogP contribution in [0, 0.1) is 11.7 Å². The van der Waals surface area contributed by atoms with Crippen molar-refractivity contribution in [1.29, 1.82) is 0 Å². The Labute approximate surface area is 83.3 Å². The third-order valence-electron chi connectivity index (χ3n) is 1.78. The lowest BCUT2D eigenvalue weighted by molar-refractivity contribution is 0.237. The fourth-order valence-electron chi connectivity index (χ4n) is 1.09. The molecule has 0 aromatic heterocycles. The third-order valence-corrected chi connectivity index (χ3v) is 1.78. The molecule has 0 radical (unpaired) electrons. The van der Waals surface area contributed by atoms with Gasteiger partial charge in [0, 0.05) is 5.56 Å². The first-order valence-electron chi connectivity index (χ1n) is 4.66. The number of benzene rings is 1. The predicted molar refractivity (Wildman–Crippen MR) is 52.7 cm³/mol. The van der Waals surface area contributed by atoms with E-state index in [1.807, 2.05) is 13.8 Å². The first kappa shape index (κ1) is 11.0. The highest BCUT2D eigenvalue weighted by atomic mass is 19.1. The molecular weight excluding hydrogens is 183 g/mol. The second kappa shape index (κ2) is 4.96. The quantitative estimate of drug-likeness (QED) is 0.804. The molecule has 2 nitrogen and oxygen atoms in total. The molecule has 0 atom stereocenters. The zero-order valence-electron chi connectivity index (χ0n) is 8.46. The normalized spacial score (nSPS) is 10.6. The van der Waals surface area contributed by atoms with Gasteiger partial charge in [0.1, 0.15) is 0 Å². The number of hydrogen-bond acceptors (Lipinski definition) is 2. The maximum atomic E-state index is 13.3. The van der Waals surface area contributed by atoms with Crippen molar-refractivity contribution in [2.45, 2.75) is 20.5 Å². The molecular formula is C11H15FO2. The minimum atomic E-state index is -0.419. The second-order valence-electron chi connectivity index (χ2n) is 3.59. The van der Waals surface area contributed by atoms with Crippen LogP contribution in [0.15, 0.2) is 18.2 Å². The molecule has 0 aliphatic carbocycles. The van der Waals surface area contributed by atoms with Gasteiger partial charge >= 0.3 is 0 Å². The summed E-state index contributed by atoms with van der Waals surface area (Å²) in [5, 5.41) is 8.96. The number of aliphatic hydroxyl groups is 1. The van der Waals surface area contributed by atoms with Crippen LogP contribution in [0.5, 0.6) is 5.75 Å². The summed E-state index contributed by atoms with van der Waals surface area (Å²) in [7, 11) is 0. The Kier molecular flexibility index (Phi) is 3.89. The average molecular weight is 198 g/mol. The fourth-order valence-corrected chi connectivity index (χ4v) is 1.09. The molecule has 1 aromatic rings. The molecule has 0 aliphatic rings. The van der Waals surface area contributed by atoms with Crippen LogP contribution in [0.25, 0.3) is 0 Å². The van der Waals surface area contributed by atoms with E-state index in [0.29, 0.717) is 18.1 Å². The number of rotatable bonds is 4. The van der Waals surface area contributed by atoms with Crippen LogP contribution in [0.3, 0.4) is 0 Å². The van der Waals surface area contributed by atoms with Gasteiger partial charge in [-0.2, -0.15) is 0 Å². The smallest absolute Gasteiger partial charge is 0.165 e. The Morgan fingerprint density at radius 1 is 1.43 bits per heavy atom. The molecule has 1 N–H and O–H groups in total. The first-order chi connectivity index (χ1) is 6.65. The van der Waals surface area contributed by atoms with Gasteiger partial charge in [-0.25, -0.2) is 4.39 Å². The summed E-state index contributed by atoms with van der Waals surface area (Å²) >= 11 is 0. The highest BCUT2D eigenvalue weighted by Crippen LogP contribution is 2.23. The maximum Gasteiger partial charge on any atom is 0.165 e. The summed E-state index contributed by atoms with van der Waals surface area (Å²) < 4.78 is 18.5. The molecule has 0 aliphatic heterocycles. The minimum absolute atomic E-state index is 0.170. The van der Waals surface area contributed by atoms with Crippen molar-refractivity contribution in [3.05, 3.63) is 29.6 Å². The zero-order valence-corrected chi connectivity index (χ0v) is 8.46. The van der Waals surface area contributed by atoms with Gasteiger partial charge in [-0.1, -0.05) is 26.0 Å². The molecule has 14 heavy (non-hydrogen) atoms. The van der Waals surface area contributed by atoms with Crippen molar-refractivity contribution in [2.75, 3.05) is 6.61 Å². The number of halogens is 1. The van der Waals surface area contributed by atoms with Gasteiger partial charge in [0.15, 0.2) is 11.6 Å². The van der Waals surface area contributed by atoms with Crippen LogP contribution >= 0.6 is 0 Å². The van der Waals surface area contributed by atoms with Gasteiger partial charge in [-0.05, 0) is 12.0 Å². The summed E-state index contributed by atoms with van der Waals surface area (Å²) in [5.74, 6) is 0.0852. The van der Waals surface area contributed by atoms with Crippen LogP contribution in [-0.2, 0) is 6.61 Å². The van der Waals surface area contributed by atoms with Gasteiger partial charge < -0.3 is 9.84 Å². The summed E-state index contributed by atoms with van der Waals surface area (Å²) in [6.45, 7) is 4.22. The molecule has 3 heteroatoms. The molecule has 0 spiro atoms. The molecule has 0 saturated heterocycles. The minimum Gasteiger partial charge on any atom is -0.490 e. The van der Waals surface area contributed by atoms with E-state index < -0.39 is 5.82 Å². The number of hydrogen-bond donors (Lipinski definition) is 1. The van der Waals surface area contributed by atoms with Crippen molar-refractivity contribution in [2.24, 2.45) is 5.92 Å². The Morgan fingerprint density at radius 2 is 2.14 bits per heavy atom. The topological polar surface area (TPSA) is 29.5 Å². The van der Waals surface area contributed by atoms with E-state index in [1.165, 1.54) is 6.07 Å². The molecule has 0 amide bonds. The van der Waals surface area contributed by atoms with Gasteiger partial charge in [0.05, 0.1) is 13.2 Å². The lowest BCUT2D eigenvalue weighted by Crippen LogP contribution is -2.07. The number of para-hydroxylation sites is 1. The van der Waals surface area contributed by atoms with Crippen LogP contribution in [0.4, 0.5) is 4.39 Å². The van der Waals surface area contributed by atoms with E-state index in [0.717, 1.165) is 0 Å². The highest BCUT2D eigenvalue weighted by Gasteiger charge is 2.09. The molecule has 0 fully saturated rings. The standard InChI is InChI=1S/C11H15FO2/c1-8(2)7-14-11-9(6-13)4-3-5-10(11)12/h3-5,8,13H,6-7H2,1-2H3. The second-order valence-corrected chi connectivity index (χ2v) is 3.59. The summed E-state index contributed by atoms with van der Waals surface area (Å²) in [4.78, 5) is 0. The Hall–Kier alpha value is -1.09. The van der Waals surface area contributed by atoms with Gasteiger partial charge in [0.2, 0.25) is 0 Å². The van der Waals surface area contributed by atoms with E-state index in [2.05, 4.69) is 0 Å². The van der Waals surface area contributed by atoms with E-state index in [9.17, 15) is 4.39 Å². The molecule has 0 bridgehead atoms. The SMILES string of the molecule is CC(C)COc1c(F)cccc1CO. The van der Waals surface area contributed by atoms with Crippen LogP contribution in [0.1, 0.15) is 19.4 Å². The number of ether oxygens (including phenoxy) is 1. The lowest BCUT2D eigenvalue weighted by atomic mass is 10.2. The fraction of sp³-hybridized carbons (Fsp3) is 0.455. The van der Waals surface area contributed by atoms with Crippen molar-refractivity contribution < 1.29 is 14.2 Å². The van der Waals surface area contributed by atoms with Crippen molar-refractivity contribution >= 4 is 0 Å². The van der Waals surface area contributed by atoms with Crippen LogP contribution in [0.2, 0.25) is 0 Å². The molecule has 0 heterocycles. The summed E-state index contributed by atoms with van der Waals surface area (Å²) in [6, 6.07) is 4.54. The number of aliphatic hydroxyl groups excluding tert-OH is 1. The van der Waals surface area contributed by atoms with Crippen molar-refractivity contribution in [3.8, 4) is 5.75 Å². The molecule has 0 saturated carbocycles. The molecule has 1 aromatic carbocycles. The summed E-state index contributed by atoms with van der Waals surface area (Å²) in [6.07, 6.45) is 0. The monoisotopic (exact) mass is 198 g/mol. The van der Waals surface area contributed by atoms with E-state index >= 15 is 0 Å². The average Bonchev–Trinajstić information content (AvgIpc) is 2.15. The molecule has 78 valence electrons. The van der Waals surface area contributed by atoms with E-state index in [1.54, 1.807) is 12.1 Å². The molecule has 1 rings (SSSR count). The Balaban J connectivity index is 2.82. The largest absolute Gasteiger partial charge is 0.490 e. The third kappa shape index (κ3) is 2.70. The maximum absolute atomic E-state index is 13.3. The van der Waals surface area contributed by atoms with Gasteiger partial charge in [-0.3, -0.25) is 0 Å². The summed E-state index contributed by atoms with van der Waals surface area (Å²) in [5.41, 5.74) is 0.491. The van der Waals surface area contributed by atoms with Crippen molar-refractivity contribution in [3.63, 3.8) is 0 Å². The zero-order chi connectivity index (χ0) is 10.6. The van der Waals surface area contributed by atoms with Crippen LogP contribution in [-0.4, -0.2) is 11.7 Å². The van der Waals surface area contributed by atoms with Gasteiger partial charge in [0.25, 0.3) is 0 Å². The highest BCUT2D eigenvalue weighted by molar-refractivity contribution is 5.34. The van der Waals surface area contributed by atoms with Gasteiger partial charge in [-0.15, -0.1) is 0 Å². The Bertz CT molecular complexity index is 297. The Morgan fingerprint density at radius 3 is 2.71 bits per heavy atom. The van der Waals surface area contributed by atoms with E-state index in [4.69, 9.17) is 9.84 Å². The lowest BCUT2D eigenvalue weighted by Gasteiger charge is -2.12. The first-order valence-corrected chi connectivity index (χ1v) is 4.66. The van der Waals surface area contributed by atoms with E-state index in [-0.39, 0.29) is 12.4 Å².